The summed E-state index contributed by atoms with van der Waals surface area (Å²) >= 11 is -2.73. The van der Waals surface area contributed by atoms with Crippen molar-refractivity contribution in [3.05, 3.63) is 91.0 Å². The molecule has 0 aliphatic rings. The summed E-state index contributed by atoms with van der Waals surface area (Å²) in [6, 6.07) is 34.2. The molecule has 22 heavy (non-hydrogen) atoms. The van der Waals surface area contributed by atoms with Crippen molar-refractivity contribution in [3.63, 3.8) is 0 Å². The van der Waals surface area contributed by atoms with Gasteiger partial charge in [-0.2, -0.15) is 0 Å². The molecule has 0 saturated carbocycles. The van der Waals surface area contributed by atoms with E-state index in [0.29, 0.717) is 5.21 Å². The van der Waals surface area contributed by atoms with Crippen molar-refractivity contribution >= 4 is 26.6 Å². The number of nitrogens with zero attached hydrogens (tertiary/aromatic N) is 1. The molecule has 3 aromatic carbocycles. The van der Waals surface area contributed by atoms with Crippen LogP contribution in [0.1, 0.15) is 0 Å². The standard InChI is InChI=1S/C20H17AsN/c22-17-16-21(18-10-4-1-5-11-18,19-12-6-2-7-13-19)20-14-8-3-9-15-20/h1-15H,16H2/q+1. The summed E-state index contributed by atoms with van der Waals surface area (Å²) in [6.45, 7) is 0. The van der Waals surface area contributed by atoms with E-state index in [1.165, 1.54) is 13.1 Å². The molecular weight excluding hydrogens is 329 g/mol. The summed E-state index contributed by atoms with van der Waals surface area (Å²) in [5, 5.41) is 10.2. The molecule has 0 heterocycles. The summed E-state index contributed by atoms with van der Waals surface area (Å²) in [6.07, 6.45) is 0. The summed E-state index contributed by atoms with van der Waals surface area (Å²) < 4.78 is 3.96. The van der Waals surface area contributed by atoms with Gasteiger partial charge in [0.1, 0.15) is 0 Å². The zero-order chi connectivity index (χ0) is 15.3. The molecule has 0 aliphatic carbocycles. The molecule has 0 bridgehead atoms. The number of hydrogen-bond acceptors (Lipinski definition) is 1. The number of nitriles is 1. The maximum atomic E-state index is 9.58. The number of rotatable bonds is 4. The second-order valence-electron chi connectivity index (χ2n) is 5.13. The Labute approximate surface area is 134 Å². The van der Waals surface area contributed by atoms with Crippen LogP contribution in [0.5, 0.6) is 0 Å². The van der Waals surface area contributed by atoms with Gasteiger partial charge in [0.15, 0.2) is 0 Å². The second kappa shape index (κ2) is 6.65. The van der Waals surface area contributed by atoms with Crippen LogP contribution in [0.25, 0.3) is 0 Å². The third-order valence-electron chi connectivity index (χ3n) is 3.90. The van der Waals surface area contributed by atoms with Gasteiger partial charge in [-0.15, -0.1) is 0 Å². The van der Waals surface area contributed by atoms with Crippen molar-refractivity contribution in [1.82, 2.24) is 0 Å². The molecule has 0 saturated heterocycles. The minimum absolute atomic E-state index is 0.580. The fraction of sp³-hybridized carbons (Fsp3) is 0.0500. The van der Waals surface area contributed by atoms with Crippen molar-refractivity contribution in [3.8, 4) is 6.07 Å². The monoisotopic (exact) mass is 346 g/mol. The van der Waals surface area contributed by atoms with Crippen LogP contribution in [0.15, 0.2) is 91.0 Å². The zero-order valence-corrected chi connectivity index (χ0v) is 14.1. The summed E-state index contributed by atoms with van der Waals surface area (Å²) in [7, 11) is 0. The third kappa shape index (κ3) is 2.59. The van der Waals surface area contributed by atoms with Crippen LogP contribution >= 0.6 is 0 Å². The fourth-order valence-electron chi connectivity index (χ4n) is 2.87. The van der Waals surface area contributed by atoms with Crippen LogP contribution in [0.3, 0.4) is 0 Å². The molecule has 3 aromatic rings. The first kappa shape index (κ1) is 14.6. The van der Waals surface area contributed by atoms with E-state index in [2.05, 4.69) is 78.9 Å². The van der Waals surface area contributed by atoms with Gasteiger partial charge in [-0.25, -0.2) is 0 Å². The molecule has 106 valence electrons. The Morgan fingerprint density at radius 2 is 0.909 bits per heavy atom. The van der Waals surface area contributed by atoms with Gasteiger partial charge in [-0.05, 0) is 0 Å². The predicted molar refractivity (Wildman–Crippen MR) is 94.4 cm³/mol. The average molecular weight is 346 g/mol. The molecule has 0 unspecified atom stereocenters. The van der Waals surface area contributed by atoms with E-state index >= 15 is 0 Å². The quantitative estimate of drug-likeness (QED) is 0.667. The van der Waals surface area contributed by atoms with E-state index in [-0.39, 0.29) is 0 Å². The van der Waals surface area contributed by atoms with E-state index in [9.17, 15) is 5.26 Å². The number of hydrogen-bond donors (Lipinski definition) is 0. The molecule has 0 aromatic heterocycles. The van der Waals surface area contributed by atoms with E-state index in [1.54, 1.807) is 0 Å². The summed E-state index contributed by atoms with van der Waals surface area (Å²) in [5.74, 6) is 0. The Morgan fingerprint density at radius 3 is 1.18 bits per heavy atom. The van der Waals surface area contributed by atoms with Gasteiger partial charge in [-0.3, -0.25) is 0 Å². The van der Waals surface area contributed by atoms with Crippen LogP contribution in [-0.2, 0) is 0 Å². The van der Waals surface area contributed by atoms with Crippen molar-refractivity contribution in [2.75, 3.05) is 0 Å². The fourth-order valence-corrected chi connectivity index (χ4v) is 10.6. The van der Waals surface area contributed by atoms with Gasteiger partial charge in [0, 0.05) is 0 Å². The van der Waals surface area contributed by atoms with E-state index < -0.39 is 13.6 Å². The van der Waals surface area contributed by atoms with Crippen LogP contribution < -0.4 is 13.1 Å². The zero-order valence-electron chi connectivity index (χ0n) is 12.3. The normalized spacial score (nSPS) is 10.9. The van der Waals surface area contributed by atoms with Gasteiger partial charge in [-0.1, -0.05) is 0 Å². The first-order chi connectivity index (χ1) is 10.9. The SMILES string of the molecule is N#CC[As+](c1ccccc1)(c1ccccc1)c1ccccc1. The molecule has 0 amide bonds. The van der Waals surface area contributed by atoms with Crippen molar-refractivity contribution in [2.45, 2.75) is 5.21 Å². The molecule has 0 aliphatic heterocycles. The van der Waals surface area contributed by atoms with Crippen molar-refractivity contribution in [1.29, 1.82) is 5.26 Å². The van der Waals surface area contributed by atoms with Crippen LogP contribution in [0.2, 0.25) is 5.21 Å². The first-order valence-electron chi connectivity index (χ1n) is 7.30. The first-order valence-corrected chi connectivity index (χ1v) is 11.4. The van der Waals surface area contributed by atoms with Crippen LogP contribution in [0, 0.1) is 11.3 Å². The Hall–Kier alpha value is -2.29. The molecular formula is C20H17AsN+. The van der Waals surface area contributed by atoms with Crippen molar-refractivity contribution < 1.29 is 0 Å². The van der Waals surface area contributed by atoms with E-state index in [1.807, 2.05) is 18.2 Å². The topological polar surface area (TPSA) is 23.8 Å². The molecule has 0 spiro atoms. The maximum absolute atomic E-state index is 9.58. The van der Waals surface area contributed by atoms with E-state index in [0.717, 1.165) is 0 Å². The van der Waals surface area contributed by atoms with Crippen LogP contribution in [-0.4, -0.2) is 13.6 Å². The molecule has 0 N–H and O–H groups in total. The van der Waals surface area contributed by atoms with Gasteiger partial charge in [0.05, 0.1) is 0 Å². The summed E-state index contributed by atoms with van der Waals surface area (Å²) in [4.78, 5) is 0. The van der Waals surface area contributed by atoms with Crippen molar-refractivity contribution in [2.24, 2.45) is 0 Å². The predicted octanol–water partition coefficient (Wildman–Crippen LogP) is 2.68. The third-order valence-corrected chi connectivity index (χ3v) is 12.6. The number of benzene rings is 3. The summed E-state index contributed by atoms with van der Waals surface area (Å²) in [5.41, 5.74) is 0. The Morgan fingerprint density at radius 1 is 0.591 bits per heavy atom. The van der Waals surface area contributed by atoms with Gasteiger partial charge >= 0.3 is 134 Å². The molecule has 0 atom stereocenters. The van der Waals surface area contributed by atoms with Gasteiger partial charge in [0.2, 0.25) is 0 Å². The Kier molecular flexibility index (Phi) is 4.42. The second-order valence-corrected chi connectivity index (χ2v) is 12.4. The molecule has 0 radical (unpaired) electrons. The van der Waals surface area contributed by atoms with Gasteiger partial charge in [0.25, 0.3) is 0 Å². The molecule has 2 heteroatoms. The Bertz CT molecular complexity index is 664. The average Bonchev–Trinajstić information content (AvgIpc) is 2.62. The molecule has 1 nitrogen and oxygen atoms in total. The Balaban J connectivity index is 2.32. The molecule has 3 rings (SSSR count). The van der Waals surface area contributed by atoms with Gasteiger partial charge < -0.3 is 0 Å². The van der Waals surface area contributed by atoms with Crippen LogP contribution in [0.4, 0.5) is 0 Å². The van der Waals surface area contributed by atoms with E-state index in [4.69, 9.17) is 0 Å². The minimum atomic E-state index is -2.73. The molecule has 0 fully saturated rings.